The maximum absolute atomic E-state index is 12.8. The van der Waals surface area contributed by atoms with Crippen LogP contribution in [-0.4, -0.2) is 31.7 Å². The highest BCUT2D eigenvalue weighted by Gasteiger charge is 2.18. The van der Waals surface area contributed by atoms with Crippen molar-refractivity contribution in [2.75, 3.05) is 19.7 Å². The molecule has 2 atom stereocenters. The second kappa shape index (κ2) is 6.63. The van der Waals surface area contributed by atoms with Crippen LogP contribution in [0.3, 0.4) is 0 Å². The molecule has 2 rings (SSSR count). The van der Waals surface area contributed by atoms with E-state index >= 15 is 0 Å². The maximum atomic E-state index is 12.8. The molecule has 1 amide bonds. The average molecular weight is 266 g/mol. The number of amides is 1. The van der Waals surface area contributed by atoms with E-state index in [2.05, 4.69) is 10.6 Å². The number of rotatable bonds is 4. The highest BCUT2D eigenvalue weighted by Crippen LogP contribution is 2.13. The van der Waals surface area contributed by atoms with Gasteiger partial charge in [-0.3, -0.25) is 4.79 Å². The summed E-state index contributed by atoms with van der Waals surface area (Å²) in [7, 11) is 0. The van der Waals surface area contributed by atoms with Crippen molar-refractivity contribution in [2.24, 2.45) is 0 Å². The molecular weight excluding hydrogens is 247 g/mol. The second-order valence-corrected chi connectivity index (χ2v) is 4.74. The molecule has 2 N–H and O–H groups in total. The van der Waals surface area contributed by atoms with Gasteiger partial charge in [0.05, 0.1) is 25.2 Å². The molecule has 0 bridgehead atoms. The number of benzene rings is 1. The molecule has 5 heteroatoms. The van der Waals surface area contributed by atoms with Gasteiger partial charge in [-0.15, -0.1) is 0 Å². The fraction of sp³-hybridized carbons (Fsp3) is 0.500. The van der Waals surface area contributed by atoms with Crippen molar-refractivity contribution >= 4 is 5.91 Å². The van der Waals surface area contributed by atoms with Crippen molar-refractivity contribution in [2.45, 2.75) is 25.5 Å². The van der Waals surface area contributed by atoms with Gasteiger partial charge in [-0.25, -0.2) is 4.39 Å². The van der Waals surface area contributed by atoms with Gasteiger partial charge < -0.3 is 15.4 Å². The van der Waals surface area contributed by atoms with Crippen molar-refractivity contribution in [3.63, 3.8) is 0 Å². The van der Waals surface area contributed by atoms with Gasteiger partial charge >= 0.3 is 0 Å². The Balaban J connectivity index is 1.82. The van der Waals surface area contributed by atoms with E-state index in [4.69, 9.17) is 4.74 Å². The minimum absolute atomic E-state index is 0.0504. The molecule has 0 aliphatic carbocycles. The molecule has 1 saturated heterocycles. The first-order chi connectivity index (χ1) is 9.15. The zero-order chi connectivity index (χ0) is 13.7. The van der Waals surface area contributed by atoms with Gasteiger partial charge in [0.1, 0.15) is 5.82 Å². The number of morpholine rings is 1. The molecule has 1 aliphatic rings. The number of carbonyl (C=O) groups is 1. The molecule has 0 aromatic heterocycles. The monoisotopic (exact) mass is 266 g/mol. The summed E-state index contributed by atoms with van der Waals surface area (Å²) < 4.78 is 18.3. The van der Waals surface area contributed by atoms with E-state index in [-0.39, 0.29) is 23.9 Å². The normalized spacial score (nSPS) is 20.8. The second-order valence-electron chi connectivity index (χ2n) is 4.74. The van der Waals surface area contributed by atoms with E-state index in [0.29, 0.717) is 19.6 Å². The standard InChI is InChI=1S/C14H19FN2O2/c1-10(11-2-4-12(15)5-3-11)17-14(18)8-13-9-16-6-7-19-13/h2-5,10,13,16H,6-9H2,1H3,(H,17,18)/t10-,13?/m1/s1. The minimum Gasteiger partial charge on any atom is -0.375 e. The van der Waals surface area contributed by atoms with Gasteiger partial charge in [-0.1, -0.05) is 12.1 Å². The van der Waals surface area contributed by atoms with Crippen LogP contribution in [0.15, 0.2) is 24.3 Å². The molecule has 0 spiro atoms. The van der Waals surface area contributed by atoms with E-state index in [1.54, 1.807) is 12.1 Å². The molecule has 4 nitrogen and oxygen atoms in total. The van der Waals surface area contributed by atoms with Crippen molar-refractivity contribution < 1.29 is 13.9 Å². The third kappa shape index (κ3) is 4.29. The highest BCUT2D eigenvalue weighted by atomic mass is 19.1. The van der Waals surface area contributed by atoms with Gasteiger partial charge in [0, 0.05) is 13.1 Å². The summed E-state index contributed by atoms with van der Waals surface area (Å²) in [4.78, 5) is 11.9. The lowest BCUT2D eigenvalue weighted by molar-refractivity contribution is -0.125. The van der Waals surface area contributed by atoms with Crippen LogP contribution in [0, 0.1) is 5.82 Å². The first-order valence-corrected chi connectivity index (χ1v) is 6.52. The fourth-order valence-corrected chi connectivity index (χ4v) is 2.09. The number of halogens is 1. The van der Waals surface area contributed by atoms with E-state index in [1.165, 1.54) is 12.1 Å². The van der Waals surface area contributed by atoms with E-state index in [0.717, 1.165) is 12.1 Å². The highest BCUT2D eigenvalue weighted by molar-refractivity contribution is 5.77. The Morgan fingerprint density at radius 2 is 2.26 bits per heavy atom. The summed E-state index contributed by atoms with van der Waals surface area (Å²) >= 11 is 0. The molecule has 0 radical (unpaired) electrons. The van der Waals surface area contributed by atoms with Crippen LogP contribution in [0.1, 0.15) is 24.9 Å². The minimum atomic E-state index is -0.274. The Morgan fingerprint density at radius 1 is 1.53 bits per heavy atom. The molecule has 1 unspecified atom stereocenters. The van der Waals surface area contributed by atoms with E-state index in [1.807, 2.05) is 6.92 Å². The lowest BCUT2D eigenvalue weighted by Crippen LogP contribution is -2.41. The Morgan fingerprint density at radius 3 is 2.89 bits per heavy atom. The Labute approximate surface area is 112 Å². The number of nitrogens with one attached hydrogen (secondary N) is 2. The summed E-state index contributed by atoms with van der Waals surface area (Å²) in [5, 5.41) is 6.08. The molecule has 19 heavy (non-hydrogen) atoms. The van der Waals surface area contributed by atoms with Crippen LogP contribution in [0.5, 0.6) is 0 Å². The smallest absolute Gasteiger partial charge is 0.223 e. The van der Waals surface area contributed by atoms with Crippen molar-refractivity contribution in [1.29, 1.82) is 0 Å². The number of ether oxygens (including phenoxy) is 1. The van der Waals surface area contributed by atoms with Gasteiger partial charge in [0.25, 0.3) is 0 Å². The lowest BCUT2D eigenvalue weighted by Gasteiger charge is -2.24. The fourth-order valence-electron chi connectivity index (χ4n) is 2.09. The maximum Gasteiger partial charge on any atom is 0.223 e. The zero-order valence-electron chi connectivity index (χ0n) is 11.0. The van der Waals surface area contributed by atoms with Gasteiger partial charge in [-0.2, -0.15) is 0 Å². The molecule has 1 aliphatic heterocycles. The number of hydrogen-bond donors (Lipinski definition) is 2. The predicted octanol–water partition coefficient (Wildman–Crippen LogP) is 1.38. The van der Waals surface area contributed by atoms with Crippen LogP contribution < -0.4 is 10.6 Å². The van der Waals surface area contributed by atoms with Crippen molar-refractivity contribution in [1.82, 2.24) is 10.6 Å². The molecule has 1 fully saturated rings. The van der Waals surface area contributed by atoms with E-state index in [9.17, 15) is 9.18 Å². The molecule has 0 saturated carbocycles. The van der Waals surface area contributed by atoms with Crippen LogP contribution in [0.4, 0.5) is 4.39 Å². The lowest BCUT2D eigenvalue weighted by atomic mass is 10.1. The van der Waals surface area contributed by atoms with Crippen molar-refractivity contribution in [3.8, 4) is 0 Å². The van der Waals surface area contributed by atoms with E-state index < -0.39 is 0 Å². The first kappa shape index (κ1) is 14.0. The quantitative estimate of drug-likeness (QED) is 0.865. The summed E-state index contributed by atoms with van der Waals surface area (Å²) in [6.07, 6.45) is 0.285. The summed E-state index contributed by atoms with van der Waals surface area (Å²) in [5.41, 5.74) is 0.887. The third-order valence-electron chi connectivity index (χ3n) is 3.16. The van der Waals surface area contributed by atoms with Crippen LogP contribution >= 0.6 is 0 Å². The Hall–Kier alpha value is -1.46. The third-order valence-corrected chi connectivity index (χ3v) is 3.16. The SMILES string of the molecule is C[C@@H](NC(=O)CC1CNCCO1)c1ccc(F)cc1. The van der Waals surface area contributed by atoms with Crippen LogP contribution in [0.25, 0.3) is 0 Å². The number of hydrogen-bond acceptors (Lipinski definition) is 3. The predicted molar refractivity (Wildman–Crippen MR) is 70.2 cm³/mol. The summed E-state index contributed by atoms with van der Waals surface area (Å²) in [6, 6.07) is 6.01. The van der Waals surface area contributed by atoms with Gasteiger partial charge in [-0.05, 0) is 24.6 Å². The Kier molecular flexibility index (Phi) is 4.87. The molecule has 1 aromatic carbocycles. The zero-order valence-corrected chi connectivity index (χ0v) is 11.0. The first-order valence-electron chi connectivity index (χ1n) is 6.52. The van der Waals surface area contributed by atoms with Gasteiger partial charge in [0.2, 0.25) is 5.91 Å². The molecule has 104 valence electrons. The Bertz CT molecular complexity index is 416. The van der Waals surface area contributed by atoms with Crippen molar-refractivity contribution in [3.05, 3.63) is 35.6 Å². The average Bonchev–Trinajstić information content (AvgIpc) is 2.40. The molecular formula is C14H19FN2O2. The largest absolute Gasteiger partial charge is 0.375 e. The summed E-state index contributed by atoms with van der Waals surface area (Å²) in [6.45, 7) is 4.07. The molecule has 1 heterocycles. The van der Waals surface area contributed by atoms with Crippen LogP contribution in [-0.2, 0) is 9.53 Å². The molecule has 1 aromatic rings. The number of carbonyl (C=O) groups excluding carboxylic acids is 1. The topological polar surface area (TPSA) is 50.4 Å². The van der Waals surface area contributed by atoms with Gasteiger partial charge in [0.15, 0.2) is 0 Å². The summed E-state index contributed by atoms with van der Waals surface area (Å²) in [5.74, 6) is -0.325. The van der Waals surface area contributed by atoms with Crippen LogP contribution in [0.2, 0.25) is 0 Å².